The molecule has 0 atom stereocenters. The Balaban J connectivity index is 1.83. The monoisotopic (exact) mass is 386 g/mol. The van der Waals surface area contributed by atoms with Crippen molar-refractivity contribution in [2.75, 3.05) is 26.1 Å². The van der Waals surface area contributed by atoms with Crippen molar-refractivity contribution in [2.24, 2.45) is 0 Å². The van der Waals surface area contributed by atoms with Crippen LogP contribution in [0.1, 0.15) is 31.2 Å². The van der Waals surface area contributed by atoms with E-state index in [-0.39, 0.29) is 5.95 Å². The van der Waals surface area contributed by atoms with Crippen LogP contribution < -0.4 is 10.5 Å². The van der Waals surface area contributed by atoms with Crippen molar-refractivity contribution in [3.8, 4) is 17.0 Å². The summed E-state index contributed by atoms with van der Waals surface area (Å²) in [6.45, 7) is 0.724. The van der Waals surface area contributed by atoms with Gasteiger partial charge in [0.25, 0.3) is 0 Å². The van der Waals surface area contributed by atoms with Gasteiger partial charge in [0.1, 0.15) is 18.1 Å². The third-order valence-electron chi connectivity index (χ3n) is 5.28. The van der Waals surface area contributed by atoms with Gasteiger partial charge in [0.05, 0.1) is 23.9 Å². The predicted molar refractivity (Wildman–Crippen MR) is 103 cm³/mol. The van der Waals surface area contributed by atoms with Gasteiger partial charge < -0.3 is 25.3 Å². The van der Waals surface area contributed by atoms with Gasteiger partial charge in [0, 0.05) is 24.3 Å². The number of nitrogens with two attached hydrogens (primary N) is 1. The Morgan fingerprint density at radius 3 is 2.82 bits per heavy atom. The fraction of sp³-hybridized carbons (Fsp3) is 0.400. The van der Waals surface area contributed by atoms with Crippen LogP contribution in [-0.2, 0) is 10.3 Å². The first-order valence-corrected chi connectivity index (χ1v) is 9.30. The number of nitrogens with zero attached hydrogens (tertiary/aromatic N) is 2. The van der Waals surface area contributed by atoms with E-state index in [2.05, 4.69) is 15.0 Å². The van der Waals surface area contributed by atoms with E-state index < -0.39 is 11.4 Å². The SMILES string of the molecule is COCCOc1cnc(N)nc1-c1c[nH]c2c(F)cc(C3(O)CCCC3)cc12. The maximum Gasteiger partial charge on any atom is 0.220 e. The van der Waals surface area contributed by atoms with Gasteiger partial charge in [-0.25, -0.2) is 14.4 Å². The second-order valence-corrected chi connectivity index (χ2v) is 7.10. The zero-order valence-electron chi connectivity index (χ0n) is 15.7. The molecule has 2 aromatic heterocycles. The van der Waals surface area contributed by atoms with Crippen molar-refractivity contribution in [3.63, 3.8) is 0 Å². The van der Waals surface area contributed by atoms with E-state index in [0.29, 0.717) is 59.5 Å². The Labute approximate surface area is 161 Å². The Morgan fingerprint density at radius 1 is 1.29 bits per heavy atom. The highest BCUT2D eigenvalue weighted by atomic mass is 19.1. The van der Waals surface area contributed by atoms with Gasteiger partial charge in [-0.2, -0.15) is 0 Å². The molecule has 0 aliphatic heterocycles. The number of hydrogen-bond donors (Lipinski definition) is 3. The van der Waals surface area contributed by atoms with Crippen LogP contribution in [0, 0.1) is 5.82 Å². The van der Waals surface area contributed by atoms with Gasteiger partial charge in [0.2, 0.25) is 5.95 Å². The minimum absolute atomic E-state index is 0.0921. The molecule has 0 unspecified atom stereocenters. The number of aliphatic hydroxyl groups is 1. The van der Waals surface area contributed by atoms with Gasteiger partial charge in [-0.05, 0) is 30.5 Å². The fourth-order valence-corrected chi connectivity index (χ4v) is 3.82. The average Bonchev–Trinajstić information content (AvgIpc) is 3.30. The molecular weight excluding hydrogens is 363 g/mol. The lowest BCUT2D eigenvalue weighted by Gasteiger charge is -2.23. The number of nitrogen functional groups attached to an aromatic ring is 1. The maximum atomic E-state index is 14.8. The van der Waals surface area contributed by atoms with Crippen molar-refractivity contribution < 1.29 is 19.0 Å². The summed E-state index contributed by atoms with van der Waals surface area (Å²) < 4.78 is 25.5. The van der Waals surface area contributed by atoms with Crippen LogP contribution in [0.2, 0.25) is 0 Å². The van der Waals surface area contributed by atoms with Crippen LogP contribution in [0.5, 0.6) is 5.75 Å². The highest BCUT2D eigenvalue weighted by Gasteiger charge is 2.34. The summed E-state index contributed by atoms with van der Waals surface area (Å²) in [6.07, 6.45) is 6.28. The summed E-state index contributed by atoms with van der Waals surface area (Å²) in [5.74, 6) is 0.106. The first kappa shape index (κ1) is 18.6. The third kappa shape index (κ3) is 3.29. The summed E-state index contributed by atoms with van der Waals surface area (Å²) >= 11 is 0. The zero-order valence-corrected chi connectivity index (χ0v) is 15.7. The number of ether oxygens (including phenoxy) is 2. The van der Waals surface area contributed by atoms with Crippen LogP contribution in [0.15, 0.2) is 24.5 Å². The average molecular weight is 386 g/mol. The van der Waals surface area contributed by atoms with Gasteiger partial charge in [-0.1, -0.05) is 12.8 Å². The zero-order chi connectivity index (χ0) is 19.7. The van der Waals surface area contributed by atoms with Crippen LogP contribution in [0.25, 0.3) is 22.2 Å². The van der Waals surface area contributed by atoms with Gasteiger partial charge in [0.15, 0.2) is 5.75 Å². The molecule has 148 valence electrons. The molecule has 1 aliphatic rings. The lowest BCUT2D eigenvalue weighted by molar-refractivity contribution is 0.0443. The van der Waals surface area contributed by atoms with Crippen LogP contribution >= 0.6 is 0 Å². The van der Waals surface area contributed by atoms with E-state index in [1.54, 1.807) is 13.3 Å². The molecule has 0 radical (unpaired) electrons. The molecule has 0 saturated heterocycles. The van der Waals surface area contributed by atoms with Crippen LogP contribution in [0.3, 0.4) is 0 Å². The molecule has 1 fully saturated rings. The molecule has 3 aromatic rings. The summed E-state index contributed by atoms with van der Waals surface area (Å²) in [6, 6.07) is 3.24. The number of aromatic nitrogens is 3. The van der Waals surface area contributed by atoms with Crippen molar-refractivity contribution in [3.05, 3.63) is 35.9 Å². The summed E-state index contributed by atoms with van der Waals surface area (Å²) in [4.78, 5) is 11.3. The summed E-state index contributed by atoms with van der Waals surface area (Å²) in [5.41, 5.74) is 6.82. The largest absolute Gasteiger partial charge is 0.487 e. The number of rotatable bonds is 6. The summed E-state index contributed by atoms with van der Waals surface area (Å²) in [7, 11) is 1.58. The minimum Gasteiger partial charge on any atom is -0.487 e. The van der Waals surface area contributed by atoms with Gasteiger partial charge in [-0.3, -0.25) is 0 Å². The van der Waals surface area contributed by atoms with E-state index in [1.807, 2.05) is 6.07 Å². The normalized spacial score (nSPS) is 16.0. The Bertz CT molecular complexity index is 999. The number of H-pyrrole nitrogens is 1. The molecule has 8 heteroatoms. The van der Waals surface area contributed by atoms with E-state index in [0.717, 1.165) is 12.8 Å². The predicted octanol–water partition coefficient (Wildman–Crippen LogP) is 3.13. The molecule has 0 bridgehead atoms. The first-order valence-electron chi connectivity index (χ1n) is 9.30. The van der Waals surface area contributed by atoms with Gasteiger partial charge >= 0.3 is 0 Å². The third-order valence-corrected chi connectivity index (χ3v) is 5.28. The molecule has 7 nitrogen and oxygen atoms in total. The molecular formula is C20H23FN4O3. The summed E-state index contributed by atoms with van der Waals surface area (Å²) in [5, 5.41) is 11.5. The van der Waals surface area contributed by atoms with E-state index in [1.165, 1.54) is 12.3 Å². The molecule has 4 N–H and O–H groups in total. The number of nitrogens with one attached hydrogen (secondary N) is 1. The number of benzene rings is 1. The molecule has 4 rings (SSSR count). The fourth-order valence-electron chi connectivity index (χ4n) is 3.82. The maximum absolute atomic E-state index is 14.8. The second kappa shape index (κ2) is 7.37. The molecule has 2 heterocycles. The highest BCUT2D eigenvalue weighted by molar-refractivity contribution is 5.96. The quantitative estimate of drug-likeness (QED) is 0.562. The molecule has 1 saturated carbocycles. The van der Waals surface area contributed by atoms with E-state index >= 15 is 0 Å². The molecule has 0 amide bonds. The lowest BCUT2D eigenvalue weighted by atomic mass is 9.90. The Morgan fingerprint density at radius 2 is 2.07 bits per heavy atom. The number of fused-ring (bicyclic) bond motifs is 1. The number of methoxy groups -OCH3 is 1. The second-order valence-electron chi connectivity index (χ2n) is 7.10. The standard InChI is InChI=1S/C20H23FN4O3/c1-27-6-7-28-16-11-24-19(22)25-18(16)14-10-23-17-13(14)8-12(9-15(17)21)20(26)4-2-3-5-20/h8-11,23,26H,2-7H2,1H3,(H2,22,24,25). The van der Waals surface area contributed by atoms with E-state index in [9.17, 15) is 9.50 Å². The number of hydrogen-bond acceptors (Lipinski definition) is 6. The van der Waals surface area contributed by atoms with Crippen molar-refractivity contribution >= 4 is 16.9 Å². The number of anilines is 1. The van der Waals surface area contributed by atoms with Crippen LogP contribution in [0.4, 0.5) is 10.3 Å². The minimum atomic E-state index is -0.994. The van der Waals surface area contributed by atoms with Crippen molar-refractivity contribution in [1.29, 1.82) is 0 Å². The highest BCUT2D eigenvalue weighted by Crippen LogP contribution is 2.42. The smallest absolute Gasteiger partial charge is 0.220 e. The lowest BCUT2D eigenvalue weighted by Crippen LogP contribution is -2.21. The first-order chi connectivity index (χ1) is 13.5. The molecule has 1 aromatic carbocycles. The Hall–Kier alpha value is -2.71. The van der Waals surface area contributed by atoms with Crippen LogP contribution in [-0.4, -0.2) is 40.4 Å². The molecule has 1 aliphatic carbocycles. The number of aromatic amines is 1. The molecule has 28 heavy (non-hydrogen) atoms. The molecule has 0 spiro atoms. The topological polar surface area (TPSA) is 106 Å². The van der Waals surface area contributed by atoms with Crippen molar-refractivity contribution in [2.45, 2.75) is 31.3 Å². The van der Waals surface area contributed by atoms with E-state index in [4.69, 9.17) is 15.2 Å². The van der Waals surface area contributed by atoms with Crippen molar-refractivity contribution in [1.82, 2.24) is 15.0 Å². The Kier molecular flexibility index (Phi) is 4.91. The number of halogens is 1. The van der Waals surface area contributed by atoms with Gasteiger partial charge in [-0.15, -0.1) is 0 Å².